The van der Waals surface area contributed by atoms with E-state index in [0.717, 1.165) is 33.4 Å². The van der Waals surface area contributed by atoms with Gasteiger partial charge < -0.3 is 9.47 Å². The molecule has 2 aliphatic rings. The Kier molecular flexibility index (Phi) is 5.46. The van der Waals surface area contributed by atoms with Crippen LogP contribution in [0.1, 0.15) is 37.2 Å². The highest BCUT2D eigenvalue weighted by molar-refractivity contribution is 9.10. The van der Waals surface area contributed by atoms with Crippen molar-refractivity contribution in [2.75, 3.05) is 19.1 Å². The van der Waals surface area contributed by atoms with Crippen LogP contribution in [0.2, 0.25) is 0 Å². The van der Waals surface area contributed by atoms with Crippen molar-refractivity contribution in [3.63, 3.8) is 0 Å². The minimum Gasteiger partial charge on any atom is -0.493 e. The van der Waals surface area contributed by atoms with Crippen molar-refractivity contribution in [3.8, 4) is 11.5 Å². The lowest BCUT2D eigenvalue weighted by molar-refractivity contribution is -0.119. The normalized spacial score (nSPS) is 19.3. The minimum atomic E-state index is -0.274. The van der Waals surface area contributed by atoms with E-state index in [2.05, 4.69) is 15.9 Å². The molecule has 1 aliphatic heterocycles. The quantitative estimate of drug-likeness (QED) is 0.651. The smallest absolute Gasteiger partial charge is 0.232 e. The molecule has 1 atom stereocenters. The molecule has 0 aromatic heterocycles. The van der Waals surface area contributed by atoms with Gasteiger partial charge in [-0.15, -0.1) is 0 Å². The topological polar surface area (TPSA) is 55.8 Å². The number of halogens is 1. The molecule has 1 unspecified atom stereocenters. The molecule has 1 aliphatic carbocycles. The fraction of sp³-hybridized carbons (Fsp3) is 0.304. The fourth-order valence-electron chi connectivity index (χ4n) is 4.26. The molecule has 150 valence electrons. The number of ketones is 1. The molecule has 0 N–H and O–H groups in total. The maximum Gasteiger partial charge on any atom is 0.232 e. The molecule has 0 radical (unpaired) electrons. The summed E-state index contributed by atoms with van der Waals surface area (Å²) in [7, 11) is 3.17. The third-order valence-corrected chi connectivity index (χ3v) is 6.25. The zero-order valence-electron chi connectivity index (χ0n) is 16.4. The van der Waals surface area contributed by atoms with Crippen LogP contribution in [-0.4, -0.2) is 25.9 Å². The zero-order valence-corrected chi connectivity index (χ0v) is 18.0. The van der Waals surface area contributed by atoms with Crippen molar-refractivity contribution in [3.05, 3.63) is 63.8 Å². The molecule has 2 aromatic rings. The number of anilines is 1. The van der Waals surface area contributed by atoms with Crippen molar-refractivity contribution in [1.29, 1.82) is 0 Å². The van der Waals surface area contributed by atoms with Crippen molar-refractivity contribution < 1.29 is 19.1 Å². The van der Waals surface area contributed by atoms with Gasteiger partial charge in [0.05, 0.1) is 19.9 Å². The summed E-state index contributed by atoms with van der Waals surface area (Å²) in [5, 5.41) is 0. The predicted molar refractivity (Wildman–Crippen MR) is 114 cm³/mol. The van der Waals surface area contributed by atoms with Crippen molar-refractivity contribution >= 4 is 33.3 Å². The van der Waals surface area contributed by atoms with Gasteiger partial charge in [-0.3, -0.25) is 14.5 Å². The first-order valence-corrected chi connectivity index (χ1v) is 10.4. The Labute approximate surface area is 178 Å². The predicted octanol–water partition coefficient (Wildman–Crippen LogP) is 4.99. The number of Topliss-reactive ketones (excluding diaryl/α,β-unsaturated/α-hetero) is 1. The van der Waals surface area contributed by atoms with E-state index in [-0.39, 0.29) is 24.0 Å². The highest BCUT2D eigenvalue weighted by Gasteiger charge is 2.40. The van der Waals surface area contributed by atoms with E-state index in [4.69, 9.17) is 9.47 Å². The van der Waals surface area contributed by atoms with Gasteiger partial charge in [-0.1, -0.05) is 18.2 Å². The van der Waals surface area contributed by atoms with Gasteiger partial charge in [-0.2, -0.15) is 0 Å². The molecular weight excluding hydrogens is 434 g/mol. The lowest BCUT2D eigenvalue weighted by atomic mass is 9.77. The lowest BCUT2D eigenvalue weighted by Crippen LogP contribution is -2.40. The first-order valence-electron chi connectivity index (χ1n) is 9.60. The van der Waals surface area contributed by atoms with Crippen LogP contribution in [0.3, 0.4) is 0 Å². The summed E-state index contributed by atoms with van der Waals surface area (Å²) in [5.41, 5.74) is 3.25. The summed E-state index contributed by atoms with van der Waals surface area (Å²) in [5.74, 6) is 1.05. The molecular formula is C23H22BrNO4. The Bertz CT molecular complexity index is 1010. The Morgan fingerprint density at radius 3 is 2.48 bits per heavy atom. The second-order valence-electron chi connectivity index (χ2n) is 7.19. The summed E-state index contributed by atoms with van der Waals surface area (Å²) in [6, 6.07) is 13.2. The third-order valence-electron chi connectivity index (χ3n) is 5.58. The van der Waals surface area contributed by atoms with Crippen LogP contribution < -0.4 is 14.4 Å². The monoisotopic (exact) mass is 455 g/mol. The number of allylic oxidation sites excluding steroid dienone is 2. The summed E-state index contributed by atoms with van der Waals surface area (Å²) >= 11 is 3.55. The number of amides is 1. The molecule has 0 bridgehead atoms. The van der Waals surface area contributed by atoms with Gasteiger partial charge in [0.15, 0.2) is 17.3 Å². The summed E-state index contributed by atoms with van der Waals surface area (Å²) < 4.78 is 11.6. The Morgan fingerprint density at radius 2 is 1.76 bits per heavy atom. The molecule has 5 nitrogen and oxygen atoms in total. The highest BCUT2D eigenvalue weighted by Crippen LogP contribution is 2.45. The van der Waals surface area contributed by atoms with Gasteiger partial charge in [0.25, 0.3) is 0 Å². The maximum absolute atomic E-state index is 13.3. The number of para-hydroxylation sites is 1. The van der Waals surface area contributed by atoms with E-state index in [1.165, 1.54) is 0 Å². The van der Waals surface area contributed by atoms with E-state index in [0.29, 0.717) is 24.3 Å². The van der Waals surface area contributed by atoms with Crippen molar-refractivity contribution in [2.45, 2.75) is 31.6 Å². The molecule has 0 fully saturated rings. The number of hydrogen-bond donors (Lipinski definition) is 0. The molecule has 2 aromatic carbocycles. The number of methoxy groups -OCH3 is 2. The average Bonchev–Trinajstić information content (AvgIpc) is 2.73. The molecule has 4 rings (SSSR count). The molecule has 0 saturated heterocycles. The van der Waals surface area contributed by atoms with Crippen LogP contribution >= 0.6 is 15.9 Å². The van der Waals surface area contributed by atoms with Crippen LogP contribution in [0.4, 0.5) is 5.69 Å². The van der Waals surface area contributed by atoms with E-state index in [1.807, 2.05) is 42.5 Å². The molecule has 6 heteroatoms. The first kappa shape index (κ1) is 19.7. The number of carbonyl (C=O) groups is 2. The molecule has 0 saturated carbocycles. The van der Waals surface area contributed by atoms with Crippen molar-refractivity contribution in [1.82, 2.24) is 0 Å². The van der Waals surface area contributed by atoms with Crippen molar-refractivity contribution in [2.24, 2.45) is 0 Å². The van der Waals surface area contributed by atoms with Crippen LogP contribution in [0.25, 0.3) is 0 Å². The van der Waals surface area contributed by atoms with Gasteiger partial charge >= 0.3 is 0 Å². The Hall–Kier alpha value is -2.60. The van der Waals surface area contributed by atoms with Crippen LogP contribution in [0.5, 0.6) is 11.5 Å². The van der Waals surface area contributed by atoms with Gasteiger partial charge in [-0.05, 0) is 58.6 Å². The number of rotatable bonds is 4. The van der Waals surface area contributed by atoms with E-state index in [1.54, 1.807) is 19.1 Å². The summed E-state index contributed by atoms with van der Waals surface area (Å²) in [4.78, 5) is 28.0. The van der Waals surface area contributed by atoms with E-state index >= 15 is 0 Å². The van der Waals surface area contributed by atoms with Gasteiger partial charge in [0.2, 0.25) is 5.91 Å². The number of nitrogens with zero attached hydrogens (tertiary/aromatic N) is 1. The highest BCUT2D eigenvalue weighted by atomic mass is 79.9. The first-order chi connectivity index (χ1) is 14.0. The van der Waals surface area contributed by atoms with Crippen LogP contribution in [-0.2, 0) is 9.59 Å². The summed E-state index contributed by atoms with van der Waals surface area (Å²) in [6.07, 6.45) is 2.21. The lowest BCUT2D eigenvalue weighted by Gasteiger charge is -2.38. The second-order valence-corrected chi connectivity index (χ2v) is 8.04. The zero-order chi connectivity index (χ0) is 20.5. The second kappa shape index (κ2) is 8.03. The number of carbonyl (C=O) groups excluding carboxylic acids is 2. The number of ether oxygens (including phenoxy) is 2. The van der Waals surface area contributed by atoms with Crippen LogP contribution in [0.15, 0.2) is 58.2 Å². The largest absolute Gasteiger partial charge is 0.493 e. The standard InChI is InChI=1S/C23H22BrNO4/c1-28-20-11-10-14(12-21(20)29-2)15-13-22(27)25(17-7-4-3-6-16(17)24)18-8-5-9-19(26)23(15)18/h3-4,6-7,10-12,15H,5,8-9,13H2,1-2H3. The molecule has 0 spiro atoms. The van der Waals surface area contributed by atoms with Gasteiger partial charge in [-0.25, -0.2) is 0 Å². The molecule has 1 amide bonds. The van der Waals surface area contributed by atoms with Crippen LogP contribution in [0, 0.1) is 0 Å². The average molecular weight is 456 g/mol. The van der Waals surface area contributed by atoms with Gasteiger partial charge in [0, 0.05) is 34.5 Å². The Morgan fingerprint density at radius 1 is 1.00 bits per heavy atom. The SMILES string of the molecule is COc1ccc(C2CC(=O)N(c3ccccc3Br)C3=C2C(=O)CCC3)cc1OC. The summed E-state index contributed by atoms with van der Waals surface area (Å²) in [6.45, 7) is 0. The van der Waals surface area contributed by atoms with E-state index < -0.39 is 0 Å². The fourth-order valence-corrected chi connectivity index (χ4v) is 4.72. The molecule has 29 heavy (non-hydrogen) atoms. The maximum atomic E-state index is 13.3. The molecule has 1 heterocycles. The number of benzene rings is 2. The van der Waals surface area contributed by atoms with Gasteiger partial charge in [0.1, 0.15) is 0 Å². The van der Waals surface area contributed by atoms with E-state index in [9.17, 15) is 9.59 Å². The minimum absolute atomic E-state index is 0.00913. The Balaban J connectivity index is 1.86. The number of hydrogen-bond acceptors (Lipinski definition) is 4. The third kappa shape index (κ3) is 3.46.